The molecule has 13 nitrogen and oxygen atoms in total. The number of hydrogen-bond donors (Lipinski definition) is 3. The van der Waals surface area contributed by atoms with Crippen LogP contribution in [0.3, 0.4) is 0 Å². The van der Waals surface area contributed by atoms with Gasteiger partial charge in [-0.2, -0.15) is 0 Å². The van der Waals surface area contributed by atoms with Gasteiger partial charge in [-0.25, -0.2) is 19.6 Å². The smallest absolute Gasteiger partial charge is 0.870 e. The van der Waals surface area contributed by atoms with E-state index in [1.54, 1.807) is 47.9 Å². The van der Waals surface area contributed by atoms with Crippen LogP contribution in [0.2, 0.25) is 6.82 Å². The molecule has 0 spiro atoms. The first-order chi connectivity index (χ1) is 14.2. The van der Waals surface area contributed by atoms with Crippen molar-refractivity contribution in [2.24, 2.45) is 14.1 Å². The number of esters is 2. The van der Waals surface area contributed by atoms with Crippen LogP contribution in [-0.2, 0) is 34.8 Å². The Balaban J connectivity index is 0. The normalized spacial score (nSPS) is 9.94. The molecule has 2 aromatic heterocycles. The summed E-state index contributed by atoms with van der Waals surface area (Å²) in [5.74, 6) is -1.52. The summed E-state index contributed by atoms with van der Waals surface area (Å²) in [5, 5.41) is 20.5. The van der Waals surface area contributed by atoms with Gasteiger partial charge in [0.25, 0.3) is 0 Å². The van der Waals surface area contributed by atoms with Crippen molar-refractivity contribution in [3.63, 3.8) is 0 Å². The molecule has 0 amide bonds. The zero-order valence-corrected chi connectivity index (χ0v) is 22.1. The van der Waals surface area contributed by atoms with Gasteiger partial charge in [-0.1, -0.05) is 0 Å². The average Bonchev–Trinajstić information content (AvgIpc) is 3.14. The Morgan fingerprint density at radius 2 is 1.67 bits per heavy atom. The van der Waals surface area contributed by atoms with E-state index >= 15 is 0 Å². The van der Waals surface area contributed by atoms with Gasteiger partial charge in [0.1, 0.15) is 11.4 Å². The van der Waals surface area contributed by atoms with Crippen LogP contribution in [0.4, 0.5) is 5.82 Å². The molecule has 0 saturated heterocycles. The number of nitrogens with zero attached hydrogens (tertiary/aromatic N) is 4. The standard InChI is InChI=1S/C11H16N2O4.C7H12BN3O3.Na.H2O/c1-11(2,3)17-8(14)5-7-6-13(4)9(12-7)10(15)16;1-8(13)10-5-4-11(2)6(9-5)7(12)14-3;;/h6H,5H2,1-4H3,(H,15,16);4,10,13H,1-3H3;;1H2/q;;+1;/p-1. The number of carboxylic acid groups (broad SMARTS) is 1. The number of ether oxygens (including phenoxy) is 2. The fraction of sp³-hybridized carbons (Fsp3) is 0.500. The summed E-state index contributed by atoms with van der Waals surface area (Å²) < 4.78 is 12.5. The van der Waals surface area contributed by atoms with Crippen molar-refractivity contribution in [1.82, 2.24) is 19.1 Å². The SMILES string of the molecule is COC(=O)c1nc(NB(C)O)cn1C.Cn1cc(CC(=O)OC(C)(C)C)nc1C(=O)O.[Na+].[OH-]. The minimum absolute atomic E-state index is 0. The molecule has 0 aromatic carbocycles. The number of rotatable bonds is 6. The third kappa shape index (κ3) is 11.3. The van der Waals surface area contributed by atoms with Gasteiger partial charge in [-0.05, 0) is 27.6 Å². The molecule has 0 fully saturated rings. The second-order valence-electron chi connectivity index (χ2n) is 7.61. The van der Waals surface area contributed by atoms with E-state index in [0.717, 1.165) is 0 Å². The molecule has 178 valence electrons. The molecule has 2 aromatic rings. The summed E-state index contributed by atoms with van der Waals surface area (Å²) in [6.45, 7) is 6.87. The molecule has 15 heteroatoms. The van der Waals surface area contributed by atoms with E-state index in [9.17, 15) is 14.4 Å². The summed E-state index contributed by atoms with van der Waals surface area (Å²) in [6, 6.07) is 0. The first-order valence-corrected chi connectivity index (χ1v) is 9.27. The Labute approximate surface area is 214 Å². The van der Waals surface area contributed by atoms with Gasteiger partial charge in [0.05, 0.1) is 19.2 Å². The molecule has 4 N–H and O–H groups in total. The van der Waals surface area contributed by atoms with Crippen molar-refractivity contribution in [3.05, 3.63) is 29.7 Å². The van der Waals surface area contributed by atoms with Gasteiger partial charge in [0, 0.05) is 26.5 Å². The number of aromatic nitrogens is 4. The molecular weight excluding hydrogens is 448 g/mol. The number of imidazole rings is 2. The van der Waals surface area contributed by atoms with Gasteiger partial charge in [-0.15, -0.1) is 0 Å². The molecule has 0 aliphatic rings. The number of methoxy groups -OCH3 is 1. The van der Waals surface area contributed by atoms with Crippen molar-refractivity contribution < 1.29 is 69.0 Å². The van der Waals surface area contributed by atoms with E-state index in [2.05, 4.69) is 19.9 Å². The van der Waals surface area contributed by atoms with Crippen LogP contribution >= 0.6 is 0 Å². The number of carbonyl (C=O) groups excluding carboxylic acids is 2. The van der Waals surface area contributed by atoms with E-state index in [0.29, 0.717) is 11.5 Å². The van der Waals surface area contributed by atoms with Crippen LogP contribution in [0.1, 0.15) is 47.7 Å². The van der Waals surface area contributed by atoms with Crippen LogP contribution in [0.15, 0.2) is 12.4 Å². The van der Waals surface area contributed by atoms with E-state index in [1.807, 2.05) is 0 Å². The number of anilines is 1. The van der Waals surface area contributed by atoms with Gasteiger partial charge in [0.15, 0.2) is 0 Å². The van der Waals surface area contributed by atoms with Gasteiger partial charge < -0.3 is 39.4 Å². The van der Waals surface area contributed by atoms with Crippen molar-refractivity contribution in [2.45, 2.75) is 39.6 Å². The number of hydrogen-bond acceptors (Lipinski definition) is 10. The minimum Gasteiger partial charge on any atom is -0.870 e. The summed E-state index contributed by atoms with van der Waals surface area (Å²) in [6.07, 6.45) is 3.07. The van der Waals surface area contributed by atoms with Crippen LogP contribution < -0.4 is 34.8 Å². The van der Waals surface area contributed by atoms with Crippen LogP contribution in [0, 0.1) is 0 Å². The fourth-order valence-electron chi connectivity index (χ4n) is 2.37. The maximum Gasteiger partial charge on any atom is 1.00 e. The topological polar surface area (TPSA) is 188 Å². The van der Waals surface area contributed by atoms with Crippen molar-refractivity contribution >= 4 is 30.8 Å². The van der Waals surface area contributed by atoms with Crippen molar-refractivity contribution in [2.75, 3.05) is 12.3 Å². The monoisotopic (exact) mass is 477 g/mol. The predicted octanol–water partition coefficient (Wildman–Crippen LogP) is -2.44. The molecule has 33 heavy (non-hydrogen) atoms. The molecule has 0 bridgehead atoms. The number of aryl methyl sites for hydroxylation is 2. The van der Waals surface area contributed by atoms with E-state index in [1.165, 1.54) is 22.4 Å². The molecule has 0 unspecified atom stereocenters. The number of aromatic carboxylic acids is 1. The van der Waals surface area contributed by atoms with Crippen LogP contribution in [0.5, 0.6) is 0 Å². The first kappa shape index (κ1) is 32.8. The molecule has 2 rings (SSSR count). The number of carboxylic acids is 1. The maximum absolute atomic E-state index is 11.5. The fourth-order valence-corrected chi connectivity index (χ4v) is 2.37. The van der Waals surface area contributed by atoms with Crippen molar-refractivity contribution in [1.29, 1.82) is 0 Å². The summed E-state index contributed by atoms with van der Waals surface area (Å²) >= 11 is 0. The summed E-state index contributed by atoms with van der Waals surface area (Å²) in [4.78, 5) is 41.2. The molecule has 0 saturated carbocycles. The molecular formula is C18H29BN5NaO8. The third-order valence-electron chi connectivity index (χ3n) is 3.46. The second-order valence-corrected chi connectivity index (χ2v) is 7.61. The molecule has 0 atom stereocenters. The maximum atomic E-state index is 11.5. The summed E-state index contributed by atoms with van der Waals surface area (Å²) in [7, 11) is 3.82. The second kappa shape index (κ2) is 14.0. The van der Waals surface area contributed by atoms with E-state index in [4.69, 9.17) is 14.9 Å². The van der Waals surface area contributed by atoms with Gasteiger partial charge >= 0.3 is 54.5 Å². The molecule has 0 aliphatic carbocycles. The first-order valence-electron chi connectivity index (χ1n) is 9.27. The van der Waals surface area contributed by atoms with Gasteiger partial charge in [0.2, 0.25) is 11.6 Å². The average molecular weight is 477 g/mol. The number of carbonyl (C=O) groups is 3. The van der Waals surface area contributed by atoms with Crippen LogP contribution in [-0.4, -0.2) is 72.4 Å². The predicted molar refractivity (Wildman–Crippen MR) is 114 cm³/mol. The number of nitrogens with one attached hydrogen (secondary N) is 1. The Kier molecular flexibility index (Phi) is 13.9. The summed E-state index contributed by atoms with van der Waals surface area (Å²) in [5.41, 5.74) is -0.166. The van der Waals surface area contributed by atoms with Crippen molar-refractivity contribution in [3.8, 4) is 0 Å². The van der Waals surface area contributed by atoms with Gasteiger partial charge in [-0.3, -0.25) is 4.79 Å². The Morgan fingerprint density at radius 3 is 2.09 bits per heavy atom. The third-order valence-corrected chi connectivity index (χ3v) is 3.46. The quantitative estimate of drug-likeness (QED) is 0.296. The zero-order valence-electron chi connectivity index (χ0n) is 20.1. The Bertz CT molecular complexity index is 939. The van der Waals surface area contributed by atoms with E-state index in [-0.39, 0.29) is 53.1 Å². The van der Waals surface area contributed by atoms with E-state index < -0.39 is 30.6 Å². The van der Waals surface area contributed by atoms with Crippen LogP contribution in [0.25, 0.3) is 0 Å². The largest absolute Gasteiger partial charge is 1.00 e. The Morgan fingerprint density at radius 1 is 1.12 bits per heavy atom. The molecule has 0 radical (unpaired) electrons. The Hall–Kier alpha value is -2.39. The zero-order chi connectivity index (χ0) is 23.9. The molecule has 0 aliphatic heterocycles. The minimum atomic E-state index is -1.12. The molecule has 2 heterocycles.